The number of benzene rings is 5. The van der Waals surface area contributed by atoms with Gasteiger partial charge in [-0.05, 0) is 17.5 Å². The topological polar surface area (TPSA) is 3.01 Å². The summed E-state index contributed by atoms with van der Waals surface area (Å²) in [5, 5.41) is 0. The largest absolute Gasteiger partial charge is 0.235 e. The van der Waals surface area contributed by atoms with Gasteiger partial charge >= 0.3 is 0 Å². The van der Waals surface area contributed by atoms with E-state index in [9.17, 15) is 0 Å². The number of hydrogen-bond acceptors (Lipinski definition) is 0. The molecule has 0 radical (unpaired) electrons. The van der Waals surface area contributed by atoms with Crippen molar-refractivity contribution in [2.75, 3.05) is 13.1 Å². The molecule has 7 rings (SSSR count). The van der Waals surface area contributed by atoms with Crippen LogP contribution < -0.4 is 21.9 Å². The van der Waals surface area contributed by atoms with Crippen molar-refractivity contribution in [3.05, 3.63) is 157 Å². The third kappa shape index (κ3) is 6.75. The Bertz CT molecular complexity index is 1410. The molecule has 0 spiro atoms. The number of nitrogens with zero attached hydrogens (tertiary/aromatic N) is 1. The molecule has 0 N–H and O–H groups in total. The first-order valence-electron chi connectivity index (χ1n) is 16.4. The van der Waals surface area contributed by atoms with Crippen LogP contribution in [0.1, 0.15) is 49.7 Å². The zero-order chi connectivity index (χ0) is 29.2. The molecule has 5 aromatic carbocycles. The van der Waals surface area contributed by atoms with Crippen molar-refractivity contribution < 1.29 is 4.58 Å². The van der Waals surface area contributed by atoms with E-state index in [1.807, 2.05) is 0 Å². The van der Waals surface area contributed by atoms with Gasteiger partial charge in [0, 0.05) is 18.4 Å². The molecule has 0 aromatic heterocycles. The zero-order valence-corrected chi connectivity index (χ0v) is 25.4. The molecular weight excluding hydrogens is 517 g/mol. The Balaban J connectivity index is 0.000000162. The second-order valence-electron chi connectivity index (χ2n) is 12.4. The van der Waals surface area contributed by atoms with Gasteiger partial charge in [0.15, 0.2) is 6.21 Å². The first kappa shape index (κ1) is 28.9. The third-order valence-corrected chi connectivity index (χ3v) is 9.79. The summed E-state index contributed by atoms with van der Waals surface area (Å²) in [5.74, 6) is 1.00. The Labute approximate surface area is 258 Å². The van der Waals surface area contributed by atoms with E-state index in [0.29, 0.717) is 0 Å². The third-order valence-electron chi connectivity index (χ3n) is 9.79. The molecule has 0 unspecified atom stereocenters. The standard InChI is InChI=1S/C24H20B.C17H24N/c1-5-13-21(14-6-1)25(22-15-7-2-8-16-22,23-17-9-3-10-18-23)24-19-11-4-12-20-24;1-2-6-15(7-3-1)10-12-18-13-11-16-8-4-5-9-17(16)14-18/h1-20H;4-5,8-9,14-15H,1-3,6-7,10-13H2/q-1;+1. The van der Waals surface area contributed by atoms with Crippen LogP contribution in [0.5, 0.6) is 0 Å². The smallest absolute Gasteiger partial charge is 0.170 e. The molecule has 1 saturated carbocycles. The molecule has 1 nitrogen and oxygen atoms in total. The molecule has 2 aliphatic rings. The second kappa shape index (κ2) is 14.3. The van der Waals surface area contributed by atoms with Gasteiger partial charge < -0.3 is 0 Å². The maximum absolute atomic E-state index is 2.54. The Kier molecular flexibility index (Phi) is 9.65. The SMILES string of the molecule is C1=[N+](CCC2CCCCC2)CCc2ccccc21.c1ccc([B-](c2ccccc2)(c2ccccc2)c2ccccc2)cc1. The summed E-state index contributed by atoms with van der Waals surface area (Å²) in [6, 6.07) is 52.4. The van der Waals surface area contributed by atoms with Gasteiger partial charge in [-0.25, -0.2) is 4.58 Å². The molecule has 0 bridgehead atoms. The highest BCUT2D eigenvalue weighted by Gasteiger charge is 2.31. The van der Waals surface area contributed by atoms with E-state index in [0.717, 1.165) is 5.92 Å². The maximum Gasteiger partial charge on any atom is 0.170 e. The molecule has 216 valence electrons. The molecule has 0 saturated heterocycles. The van der Waals surface area contributed by atoms with Gasteiger partial charge in [0.2, 0.25) is 0 Å². The fourth-order valence-corrected chi connectivity index (χ4v) is 7.54. The van der Waals surface area contributed by atoms with Crippen LogP contribution in [0.2, 0.25) is 0 Å². The Morgan fingerprint density at radius 3 is 1.44 bits per heavy atom. The van der Waals surface area contributed by atoms with Crippen molar-refractivity contribution >= 4 is 34.2 Å². The fraction of sp³-hybridized carbons (Fsp3) is 0.244. The van der Waals surface area contributed by atoms with Gasteiger partial charge in [0.25, 0.3) is 0 Å². The van der Waals surface area contributed by atoms with Gasteiger partial charge in [0.05, 0.1) is 0 Å². The van der Waals surface area contributed by atoms with Gasteiger partial charge in [-0.15, -0.1) is 0 Å². The van der Waals surface area contributed by atoms with Crippen LogP contribution in [0.4, 0.5) is 0 Å². The summed E-state index contributed by atoms with van der Waals surface area (Å²) in [6.07, 6.45) is 11.1. The molecule has 2 heteroatoms. The highest BCUT2D eigenvalue weighted by atomic mass is 15.0. The zero-order valence-electron chi connectivity index (χ0n) is 25.4. The maximum atomic E-state index is 2.54. The van der Waals surface area contributed by atoms with Gasteiger partial charge in [-0.2, -0.15) is 21.9 Å². The molecule has 1 aliphatic carbocycles. The Morgan fingerprint density at radius 2 is 0.953 bits per heavy atom. The van der Waals surface area contributed by atoms with E-state index in [1.54, 1.807) is 0 Å². The van der Waals surface area contributed by atoms with Gasteiger partial charge in [-0.3, -0.25) is 0 Å². The summed E-state index contributed by atoms with van der Waals surface area (Å²) in [6.45, 7) is 2.47. The van der Waals surface area contributed by atoms with Gasteiger partial charge in [-0.1, -0.05) is 172 Å². The lowest BCUT2D eigenvalue weighted by Crippen LogP contribution is -2.74. The average Bonchev–Trinajstić information content (AvgIpc) is 3.10. The summed E-state index contributed by atoms with van der Waals surface area (Å²) in [5.41, 5.74) is 8.31. The van der Waals surface area contributed by atoms with Crippen molar-refractivity contribution in [3.8, 4) is 0 Å². The monoisotopic (exact) mass is 561 g/mol. The molecule has 43 heavy (non-hydrogen) atoms. The summed E-state index contributed by atoms with van der Waals surface area (Å²) >= 11 is 0. The van der Waals surface area contributed by atoms with Crippen LogP contribution in [-0.4, -0.2) is 30.0 Å². The van der Waals surface area contributed by atoms with E-state index in [4.69, 9.17) is 0 Å². The minimum Gasteiger partial charge on any atom is -0.235 e. The van der Waals surface area contributed by atoms with E-state index in [2.05, 4.69) is 156 Å². The first-order valence-corrected chi connectivity index (χ1v) is 16.4. The number of hydrogen-bond donors (Lipinski definition) is 0. The normalized spacial score (nSPS) is 15.0. The highest BCUT2D eigenvalue weighted by molar-refractivity contribution is 7.19. The van der Waals surface area contributed by atoms with Crippen molar-refractivity contribution in [2.45, 2.75) is 44.9 Å². The molecule has 1 aliphatic heterocycles. The van der Waals surface area contributed by atoms with E-state index < -0.39 is 6.15 Å². The van der Waals surface area contributed by atoms with Crippen LogP contribution in [0.3, 0.4) is 0 Å². The first-order chi connectivity index (χ1) is 21.3. The highest BCUT2D eigenvalue weighted by Crippen LogP contribution is 2.26. The lowest BCUT2D eigenvalue weighted by molar-refractivity contribution is -0.525. The van der Waals surface area contributed by atoms with E-state index in [1.165, 1.54) is 91.0 Å². The Hall–Kier alpha value is -4.17. The molecule has 1 fully saturated rings. The molecule has 0 amide bonds. The Morgan fingerprint density at radius 1 is 0.512 bits per heavy atom. The minimum absolute atomic E-state index is 1.00. The molecule has 5 aromatic rings. The van der Waals surface area contributed by atoms with Crippen molar-refractivity contribution in [3.63, 3.8) is 0 Å². The lowest BCUT2D eigenvalue weighted by Gasteiger charge is -2.44. The van der Waals surface area contributed by atoms with Gasteiger partial charge in [0.1, 0.15) is 19.2 Å². The van der Waals surface area contributed by atoms with Crippen LogP contribution in [0.15, 0.2) is 146 Å². The number of rotatable bonds is 7. The van der Waals surface area contributed by atoms with E-state index in [-0.39, 0.29) is 0 Å². The van der Waals surface area contributed by atoms with Crippen molar-refractivity contribution in [1.82, 2.24) is 0 Å². The van der Waals surface area contributed by atoms with Crippen LogP contribution in [-0.2, 0) is 6.42 Å². The van der Waals surface area contributed by atoms with E-state index >= 15 is 0 Å². The van der Waals surface area contributed by atoms with Crippen LogP contribution >= 0.6 is 0 Å². The summed E-state index contributed by atoms with van der Waals surface area (Å²) in [4.78, 5) is 0. The fourth-order valence-electron chi connectivity index (χ4n) is 7.54. The molecular formula is C41H44BN. The van der Waals surface area contributed by atoms with Crippen LogP contribution in [0, 0.1) is 5.92 Å². The second-order valence-corrected chi connectivity index (χ2v) is 12.4. The summed E-state index contributed by atoms with van der Waals surface area (Å²) < 4.78 is 2.54. The minimum atomic E-state index is -1.22. The van der Waals surface area contributed by atoms with Crippen molar-refractivity contribution in [2.24, 2.45) is 5.92 Å². The lowest BCUT2D eigenvalue weighted by atomic mass is 9.13. The summed E-state index contributed by atoms with van der Waals surface area (Å²) in [7, 11) is 0. The quantitative estimate of drug-likeness (QED) is 0.154. The number of fused-ring (bicyclic) bond motifs is 1. The molecule has 1 heterocycles. The predicted octanol–water partition coefficient (Wildman–Crippen LogP) is 6.71. The average molecular weight is 562 g/mol. The van der Waals surface area contributed by atoms with Crippen LogP contribution in [0.25, 0.3) is 0 Å². The van der Waals surface area contributed by atoms with Crippen molar-refractivity contribution in [1.29, 1.82) is 0 Å². The molecule has 0 atom stereocenters. The predicted molar refractivity (Wildman–Crippen MR) is 187 cm³/mol.